The third-order valence-electron chi connectivity index (χ3n) is 9.73. The van der Waals surface area contributed by atoms with Crippen LogP contribution < -0.4 is 24.9 Å². The zero-order valence-corrected chi connectivity index (χ0v) is 24.3. The summed E-state index contributed by atoms with van der Waals surface area (Å²) in [5.74, 6) is -1.26. The van der Waals surface area contributed by atoms with E-state index in [0.717, 1.165) is 72.3 Å². The molecule has 0 bridgehead atoms. The minimum absolute atomic E-state index is 0.629. The highest BCUT2D eigenvalue weighted by Crippen LogP contribution is 2.55. The maximum atomic E-state index is 14.6. The average molecular weight is 552 g/mol. The average Bonchev–Trinajstić information content (AvgIpc) is 2.99. The molecule has 6 aromatic carbocycles. The van der Waals surface area contributed by atoms with Gasteiger partial charge in [0.25, 0.3) is 0 Å². The minimum atomic E-state index is -1.05. The quantitative estimate of drug-likeness (QED) is 0.270. The summed E-state index contributed by atoms with van der Waals surface area (Å²) in [6.45, 7) is 0.776. The van der Waals surface area contributed by atoms with Gasteiger partial charge in [0, 0.05) is 55.4 Å². The van der Waals surface area contributed by atoms with Crippen molar-refractivity contribution in [3.63, 3.8) is 0 Å². The van der Waals surface area contributed by atoms with Crippen molar-refractivity contribution in [3.05, 3.63) is 102 Å². The van der Waals surface area contributed by atoms with E-state index >= 15 is 0 Å². The molecule has 0 spiro atoms. The van der Waals surface area contributed by atoms with Gasteiger partial charge in [-0.15, -0.1) is 12.2 Å². The van der Waals surface area contributed by atoms with Crippen LogP contribution in [-0.2, 0) is 0 Å². The van der Waals surface area contributed by atoms with E-state index in [0.29, 0.717) is 0 Å². The third kappa shape index (κ3) is 3.26. The van der Waals surface area contributed by atoms with Gasteiger partial charge in [-0.3, -0.25) is 0 Å². The van der Waals surface area contributed by atoms with Crippen LogP contribution in [0.1, 0.15) is 23.0 Å². The molecule has 0 saturated heterocycles. The van der Waals surface area contributed by atoms with Gasteiger partial charge in [-0.2, -0.15) is 0 Å². The predicted molar refractivity (Wildman–Crippen MR) is 172 cm³/mol. The van der Waals surface area contributed by atoms with Crippen molar-refractivity contribution >= 4 is 60.2 Å². The zero-order valence-electron chi connectivity index (χ0n) is 24.3. The largest absolute Gasteiger partial charge is 0.851 e. The second-order valence-corrected chi connectivity index (χ2v) is 12.3. The van der Waals surface area contributed by atoms with E-state index in [1.807, 2.05) is 30.3 Å². The van der Waals surface area contributed by atoms with Gasteiger partial charge < -0.3 is 24.9 Å². The molecular weight excluding hydrogens is 518 g/mol. The van der Waals surface area contributed by atoms with E-state index in [4.69, 9.17) is 0 Å². The molecule has 0 amide bonds. The highest BCUT2D eigenvalue weighted by Gasteiger charge is 2.42. The Kier molecular flexibility index (Phi) is 5.50. The van der Waals surface area contributed by atoms with Crippen molar-refractivity contribution in [3.8, 4) is 0 Å². The molecular formula is C37H33N3O2-2. The van der Waals surface area contributed by atoms with Crippen molar-refractivity contribution in [1.82, 2.24) is 0 Å². The fourth-order valence-corrected chi connectivity index (χ4v) is 8.07. The molecule has 0 aromatic heterocycles. The van der Waals surface area contributed by atoms with E-state index in [1.54, 1.807) is 0 Å². The van der Waals surface area contributed by atoms with Gasteiger partial charge in [-0.25, -0.2) is 0 Å². The van der Waals surface area contributed by atoms with E-state index < -0.39 is 24.0 Å². The molecule has 2 unspecified atom stereocenters. The SMILES string of the molecule is CN(C)c1c2ccccc2c(C2C([O-])C(c3c4ccccc4c4c5c(cccc35)N(C)CN4C)C2[O-])c2ccccc12. The number of rotatable bonds is 3. The number of benzene rings is 6. The molecule has 2 aliphatic rings. The van der Waals surface area contributed by atoms with Crippen molar-refractivity contribution < 1.29 is 10.2 Å². The van der Waals surface area contributed by atoms with Crippen LogP contribution in [-0.4, -0.2) is 47.1 Å². The molecule has 1 heterocycles. The van der Waals surface area contributed by atoms with Gasteiger partial charge >= 0.3 is 0 Å². The first-order valence-electron chi connectivity index (χ1n) is 14.7. The van der Waals surface area contributed by atoms with Crippen molar-refractivity contribution in [2.75, 3.05) is 49.6 Å². The minimum Gasteiger partial charge on any atom is -0.851 e. The fraction of sp³-hybridized carbons (Fsp3) is 0.243. The van der Waals surface area contributed by atoms with E-state index in [-0.39, 0.29) is 0 Å². The number of hydrogen-bond donors (Lipinski definition) is 0. The zero-order chi connectivity index (χ0) is 28.9. The highest BCUT2D eigenvalue weighted by atomic mass is 16.3. The lowest BCUT2D eigenvalue weighted by Crippen LogP contribution is -2.63. The Labute approximate surface area is 245 Å². The molecule has 1 aliphatic carbocycles. The van der Waals surface area contributed by atoms with Crippen LogP contribution in [0, 0.1) is 0 Å². The van der Waals surface area contributed by atoms with E-state index in [2.05, 4.69) is 104 Å². The van der Waals surface area contributed by atoms with Crippen molar-refractivity contribution in [1.29, 1.82) is 0 Å². The molecule has 1 aliphatic heterocycles. The maximum Gasteiger partial charge on any atom is 0.0897 e. The van der Waals surface area contributed by atoms with Crippen molar-refractivity contribution in [2.24, 2.45) is 0 Å². The Balaban J connectivity index is 1.37. The van der Waals surface area contributed by atoms with Crippen LogP contribution in [0.2, 0.25) is 0 Å². The van der Waals surface area contributed by atoms with Gasteiger partial charge in [0.1, 0.15) is 0 Å². The van der Waals surface area contributed by atoms with Crippen LogP contribution >= 0.6 is 0 Å². The number of nitrogens with zero attached hydrogens (tertiary/aromatic N) is 3. The summed E-state index contributed by atoms with van der Waals surface area (Å²) in [6.07, 6.45) is -2.10. The third-order valence-corrected chi connectivity index (χ3v) is 9.73. The Morgan fingerprint density at radius 3 is 1.57 bits per heavy atom. The number of fused-ring (bicyclic) bond motifs is 4. The maximum absolute atomic E-state index is 14.6. The lowest BCUT2D eigenvalue weighted by atomic mass is 9.60. The van der Waals surface area contributed by atoms with Gasteiger partial charge in [0.15, 0.2) is 0 Å². The summed E-state index contributed by atoms with van der Waals surface area (Å²) < 4.78 is 0. The smallest absolute Gasteiger partial charge is 0.0897 e. The predicted octanol–water partition coefficient (Wildman–Crippen LogP) is 5.55. The molecule has 210 valence electrons. The summed E-state index contributed by atoms with van der Waals surface area (Å²) in [7, 11) is 8.33. The molecule has 0 N–H and O–H groups in total. The molecule has 0 radical (unpaired) electrons. The molecule has 5 heteroatoms. The molecule has 5 nitrogen and oxygen atoms in total. The standard InChI is InChI=1S/C37H33N3O2/c1-38(2)34-24-15-8-5-12-21(24)29(22-13-6-9-16-25(22)34)32-36(41)33(37(32)42)30-23-14-7-10-17-26(23)35-31-27(30)18-11-19-28(31)39(3)20-40(35)4/h5-19,32-33,36-37H,20H2,1-4H3/q-2. The fourth-order valence-electron chi connectivity index (χ4n) is 8.07. The van der Waals surface area contributed by atoms with Gasteiger partial charge in [0.2, 0.25) is 0 Å². The first-order chi connectivity index (χ1) is 20.4. The van der Waals surface area contributed by atoms with Crippen LogP contribution in [0.4, 0.5) is 17.1 Å². The first kappa shape index (κ1) is 25.4. The molecule has 8 rings (SSSR count). The second-order valence-electron chi connectivity index (χ2n) is 12.3. The lowest BCUT2D eigenvalue weighted by molar-refractivity contribution is -0.535. The molecule has 2 atom stereocenters. The molecule has 1 fully saturated rings. The monoisotopic (exact) mass is 551 g/mol. The van der Waals surface area contributed by atoms with E-state index in [9.17, 15) is 10.2 Å². The summed E-state index contributed by atoms with van der Waals surface area (Å²) in [5.41, 5.74) is 5.27. The topological polar surface area (TPSA) is 55.8 Å². The highest BCUT2D eigenvalue weighted by molar-refractivity contribution is 6.19. The molecule has 42 heavy (non-hydrogen) atoms. The number of anilines is 3. The Bertz CT molecular complexity index is 1980. The molecule has 6 aromatic rings. The summed E-state index contributed by atoms with van der Waals surface area (Å²) in [6, 6.07) is 31.2. The first-order valence-corrected chi connectivity index (χ1v) is 14.7. The van der Waals surface area contributed by atoms with Crippen molar-refractivity contribution in [2.45, 2.75) is 24.0 Å². The normalized spacial score (nSPS) is 21.9. The van der Waals surface area contributed by atoms with Gasteiger partial charge in [-0.05, 0) is 50.6 Å². The Morgan fingerprint density at radius 2 is 1.02 bits per heavy atom. The van der Waals surface area contributed by atoms with Crippen LogP contribution in [0.25, 0.3) is 43.1 Å². The van der Waals surface area contributed by atoms with Crippen LogP contribution in [0.5, 0.6) is 0 Å². The summed E-state index contributed by atoms with van der Waals surface area (Å²) >= 11 is 0. The van der Waals surface area contributed by atoms with Gasteiger partial charge in [-0.1, -0.05) is 84.9 Å². The lowest BCUT2D eigenvalue weighted by Gasteiger charge is -2.62. The van der Waals surface area contributed by atoms with E-state index in [1.165, 1.54) is 5.69 Å². The summed E-state index contributed by atoms with van der Waals surface area (Å²) in [4.78, 5) is 6.65. The van der Waals surface area contributed by atoms with Crippen LogP contribution in [0.15, 0.2) is 91.0 Å². The molecule has 1 saturated carbocycles. The Morgan fingerprint density at radius 1 is 0.571 bits per heavy atom. The number of hydrogen-bond acceptors (Lipinski definition) is 5. The Hall–Kier alpha value is -4.32. The second kappa shape index (κ2) is 9.09. The van der Waals surface area contributed by atoms with Gasteiger partial charge in [0.05, 0.1) is 18.0 Å². The summed E-state index contributed by atoms with van der Waals surface area (Å²) in [5, 5.41) is 37.7. The van der Waals surface area contributed by atoms with Crippen LogP contribution in [0.3, 0.4) is 0 Å².